The van der Waals surface area contributed by atoms with E-state index in [0.717, 1.165) is 6.08 Å². The van der Waals surface area contributed by atoms with E-state index in [0.29, 0.717) is 32.1 Å². The van der Waals surface area contributed by atoms with Crippen LogP contribution < -0.4 is 0 Å². The summed E-state index contributed by atoms with van der Waals surface area (Å²) in [5.41, 5.74) is 0.794. The molecule has 0 aromatic carbocycles. The molecule has 2 aliphatic carbocycles. The second-order valence-corrected chi connectivity index (χ2v) is 6.81. The summed E-state index contributed by atoms with van der Waals surface area (Å²) >= 11 is 0. The standard InChI is InChI=1S/C22H26O8/c1-12-17(24)22(30-5)14(19(26)20(12)28-3)10-8-6-7-9-13-18(25)16(27-2)11-15(23)21(13)29-4/h11H,6-10H2,1-5H3. The summed E-state index contributed by atoms with van der Waals surface area (Å²) in [5.74, 6) is -1.37. The lowest BCUT2D eigenvalue weighted by Gasteiger charge is -2.20. The zero-order valence-corrected chi connectivity index (χ0v) is 17.9. The summed E-state index contributed by atoms with van der Waals surface area (Å²) in [6.45, 7) is 1.53. The minimum absolute atomic E-state index is 0.00809. The largest absolute Gasteiger partial charge is 0.493 e. The maximum atomic E-state index is 12.6. The van der Waals surface area contributed by atoms with Crippen LogP contribution in [-0.2, 0) is 38.1 Å². The molecular weight excluding hydrogens is 392 g/mol. The van der Waals surface area contributed by atoms with Crippen LogP contribution in [0.3, 0.4) is 0 Å². The van der Waals surface area contributed by atoms with Crippen molar-refractivity contribution >= 4 is 23.1 Å². The van der Waals surface area contributed by atoms with Gasteiger partial charge in [0, 0.05) is 22.8 Å². The molecule has 162 valence electrons. The quantitative estimate of drug-likeness (QED) is 0.394. The Labute approximate surface area is 175 Å². The van der Waals surface area contributed by atoms with Gasteiger partial charge in [-0.25, -0.2) is 0 Å². The summed E-state index contributed by atoms with van der Waals surface area (Å²) < 4.78 is 20.3. The lowest BCUT2D eigenvalue weighted by atomic mass is 9.90. The number of unbranched alkanes of at least 4 members (excludes halogenated alkanes) is 2. The minimum Gasteiger partial charge on any atom is -0.493 e. The normalized spacial score (nSPS) is 17.6. The molecule has 0 unspecified atom stereocenters. The fraction of sp³-hybridized carbons (Fsp3) is 0.455. The number of hydrogen-bond donors (Lipinski definition) is 0. The van der Waals surface area contributed by atoms with Crippen LogP contribution in [0.4, 0.5) is 0 Å². The molecule has 8 nitrogen and oxygen atoms in total. The Morgan fingerprint density at radius 2 is 1.17 bits per heavy atom. The van der Waals surface area contributed by atoms with Crippen molar-refractivity contribution in [1.29, 1.82) is 0 Å². The number of Topliss-reactive ketones (excluding diaryl/α,β-unsaturated/α-hetero) is 3. The molecule has 8 heteroatoms. The Morgan fingerprint density at radius 3 is 1.67 bits per heavy atom. The van der Waals surface area contributed by atoms with E-state index in [1.54, 1.807) is 0 Å². The highest BCUT2D eigenvalue weighted by atomic mass is 16.5. The van der Waals surface area contributed by atoms with Gasteiger partial charge in [0.2, 0.25) is 23.1 Å². The van der Waals surface area contributed by atoms with Gasteiger partial charge in [0.25, 0.3) is 0 Å². The van der Waals surface area contributed by atoms with Crippen LogP contribution >= 0.6 is 0 Å². The molecule has 0 heterocycles. The monoisotopic (exact) mass is 418 g/mol. The van der Waals surface area contributed by atoms with E-state index < -0.39 is 5.78 Å². The first-order valence-electron chi connectivity index (χ1n) is 9.55. The van der Waals surface area contributed by atoms with Crippen LogP contribution in [-0.4, -0.2) is 51.6 Å². The van der Waals surface area contributed by atoms with Crippen molar-refractivity contribution in [2.45, 2.75) is 39.0 Å². The first kappa shape index (κ1) is 23.1. The SMILES string of the molecule is COC1=CC(=O)C(OC)=C(CCCCCC2=C(OC)C(=O)C(C)=C(OC)C2=O)C1=O. The van der Waals surface area contributed by atoms with Gasteiger partial charge < -0.3 is 18.9 Å². The Hall–Kier alpha value is -3.16. The van der Waals surface area contributed by atoms with Crippen LogP contribution in [0.15, 0.2) is 45.8 Å². The van der Waals surface area contributed by atoms with Crippen LogP contribution in [0.2, 0.25) is 0 Å². The predicted molar refractivity (Wildman–Crippen MR) is 106 cm³/mol. The lowest BCUT2D eigenvalue weighted by molar-refractivity contribution is -0.120. The third-order valence-corrected chi connectivity index (χ3v) is 5.09. The molecule has 0 bridgehead atoms. The second kappa shape index (κ2) is 10.0. The van der Waals surface area contributed by atoms with Crippen molar-refractivity contribution in [2.75, 3.05) is 28.4 Å². The van der Waals surface area contributed by atoms with Crippen molar-refractivity contribution in [3.8, 4) is 0 Å². The number of rotatable bonds is 10. The maximum Gasteiger partial charge on any atom is 0.227 e. The third-order valence-electron chi connectivity index (χ3n) is 5.09. The molecule has 0 saturated heterocycles. The molecule has 0 atom stereocenters. The Bertz CT molecular complexity index is 898. The van der Waals surface area contributed by atoms with Gasteiger partial charge in [0.05, 0.1) is 28.4 Å². The van der Waals surface area contributed by atoms with E-state index in [2.05, 4.69) is 0 Å². The highest BCUT2D eigenvalue weighted by molar-refractivity contribution is 6.23. The maximum absolute atomic E-state index is 12.6. The molecule has 0 saturated carbocycles. The molecule has 0 aromatic heterocycles. The number of allylic oxidation sites excluding steroid dienone is 4. The number of carbonyl (C=O) groups is 4. The number of ether oxygens (including phenoxy) is 4. The van der Waals surface area contributed by atoms with Gasteiger partial charge in [-0.1, -0.05) is 6.42 Å². The van der Waals surface area contributed by atoms with Crippen LogP contribution in [0, 0.1) is 0 Å². The molecule has 2 aliphatic rings. The minimum atomic E-state index is -0.403. The van der Waals surface area contributed by atoms with Crippen molar-refractivity contribution in [1.82, 2.24) is 0 Å². The van der Waals surface area contributed by atoms with Crippen molar-refractivity contribution in [3.05, 3.63) is 45.8 Å². The Balaban J connectivity index is 2.02. The van der Waals surface area contributed by atoms with Crippen LogP contribution in [0.1, 0.15) is 39.0 Å². The van der Waals surface area contributed by atoms with Crippen LogP contribution in [0.5, 0.6) is 0 Å². The van der Waals surface area contributed by atoms with E-state index in [4.69, 9.17) is 18.9 Å². The Kier molecular flexibility index (Phi) is 7.74. The average Bonchev–Trinajstić information content (AvgIpc) is 2.73. The molecule has 0 aliphatic heterocycles. The van der Waals surface area contributed by atoms with Gasteiger partial charge in [-0.15, -0.1) is 0 Å². The summed E-state index contributed by atoms with van der Waals surface area (Å²) in [5, 5.41) is 0. The predicted octanol–water partition coefficient (Wildman–Crippen LogP) is 2.49. The van der Waals surface area contributed by atoms with Crippen molar-refractivity contribution in [2.24, 2.45) is 0 Å². The highest BCUT2D eigenvalue weighted by Gasteiger charge is 2.34. The third kappa shape index (κ3) is 4.37. The summed E-state index contributed by atoms with van der Waals surface area (Å²) in [4.78, 5) is 49.5. The van der Waals surface area contributed by atoms with Gasteiger partial charge >= 0.3 is 0 Å². The van der Waals surface area contributed by atoms with Crippen LogP contribution in [0.25, 0.3) is 0 Å². The molecule has 0 radical (unpaired) electrons. The summed E-state index contributed by atoms with van der Waals surface area (Å²) in [6.07, 6.45) is 3.61. The van der Waals surface area contributed by atoms with Gasteiger partial charge in [-0.3, -0.25) is 19.2 Å². The van der Waals surface area contributed by atoms with E-state index in [-0.39, 0.29) is 57.1 Å². The molecule has 0 amide bonds. The topological polar surface area (TPSA) is 105 Å². The van der Waals surface area contributed by atoms with E-state index >= 15 is 0 Å². The molecule has 0 spiro atoms. The number of carbonyl (C=O) groups excluding carboxylic acids is 4. The fourth-order valence-corrected chi connectivity index (χ4v) is 3.54. The van der Waals surface area contributed by atoms with Gasteiger partial charge in [0.1, 0.15) is 0 Å². The summed E-state index contributed by atoms with van der Waals surface area (Å²) in [7, 11) is 5.39. The fourth-order valence-electron chi connectivity index (χ4n) is 3.54. The molecule has 0 fully saturated rings. The first-order valence-corrected chi connectivity index (χ1v) is 9.55. The Morgan fingerprint density at radius 1 is 0.633 bits per heavy atom. The zero-order valence-electron chi connectivity index (χ0n) is 17.9. The van der Waals surface area contributed by atoms with Gasteiger partial charge in [0.15, 0.2) is 23.0 Å². The number of ketones is 4. The van der Waals surface area contributed by atoms with Crippen molar-refractivity contribution < 1.29 is 38.1 Å². The highest BCUT2D eigenvalue weighted by Crippen LogP contribution is 2.30. The van der Waals surface area contributed by atoms with E-state index in [9.17, 15) is 19.2 Å². The summed E-state index contributed by atoms with van der Waals surface area (Å²) in [6, 6.07) is 0. The molecule has 0 N–H and O–H groups in total. The van der Waals surface area contributed by atoms with Gasteiger partial charge in [-0.05, 0) is 32.6 Å². The first-order chi connectivity index (χ1) is 14.3. The lowest BCUT2D eigenvalue weighted by Crippen LogP contribution is -2.25. The second-order valence-electron chi connectivity index (χ2n) is 6.81. The zero-order chi connectivity index (χ0) is 22.4. The van der Waals surface area contributed by atoms with E-state index in [1.807, 2.05) is 0 Å². The van der Waals surface area contributed by atoms with Crippen molar-refractivity contribution in [3.63, 3.8) is 0 Å². The molecule has 2 rings (SSSR count). The molecule has 30 heavy (non-hydrogen) atoms. The molecular formula is C22H26O8. The number of methoxy groups -OCH3 is 4. The smallest absolute Gasteiger partial charge is 0.227 e. The van der Waals surface area contributed by atoms with Gasteiger partial charge in [-0.2, -0.15) is 0 Å². The molecule has 0 aromatic rings. The van der Waals surface area contributed by atoms with E-state index in [1.165, 1.54) is 35.4 Å². The number of hydrogen-bond acceptors (Lipinski definition) is 8. The average molecular weight is 418 g/mol.